The summed E-state index contributed by atoms with van der Waals surface area (Å²) in [6.07, 6.45) is 4.87. The highest BCUT2D eigenvalue weighted by Gasteiger charge is 2.23. The topological polar surface area (TPSA) is 52.6 Å². The lowest BCUT2D eigenvalue weighted by Crippen LogP contribution is -2.47. The molecule has 2 N–H and O–H groups in total. The maximum Gasteiger partial charge on any atom is 0.230 e. The van der Waals surface area contributed by atoms with Gasteiger partial charge in [-0.25, -0.2) is 0 Å². The van der Waals surface area contributed by atoms with Gasteiger partial charge in [-0.05, 0) is 61.6 Å². The molecule has 23 heavy (non-hydrogen) atoms. The number of aromatic hydroxyl groups is 1. The second-order valence-corrected chi connectivity index (χ2v) is 7.80. The average molecular weight is 334 g/mol. The number of phenols is 1. The molecule has 1 aliphatic carbocycles. The molecule has 0 radical (unpaired) electrons. The second-order valence-electron chi connectivity index (χ2n) is 6.77. The minimum absolute atomic E-state index is 0.180. The highest BCUT2D eigenvalue weighted by atomic mass is 32.2. The standard InChI is InChI=1S/C18H26N2O2S/c21-17-5-1-3-15(9-17)10-20-8-2-4-16(11-20)19-18(22)13-23-12-14-6-7-14/h1,3,5,9,14,16,21H,2,4,6-8,10-13H2,(H,19,22)/t16-/m0/s1. The molecule has 3 rings (SSSR count). The fraction of sp³-hybridized carbons (Fsp3) is 0.611. The Hall–Kier alpha value is -1.20. The van der Waals surface area contributed by atoms with E-state index in [4.69, 9.17) is 0 Å². The van der Waals surface area contributed by atoms with Gasteiger partial charge in [-0.1, -0.05) is 12.1 Å². The van der Waals surface area contributed by atoms with Crippen LogP contribution in [0.15, 0.2) is 24.3 Å². The summed E-state index contributed by atoms with van der Waals surface area (Å²) in [4.78, 5) is 14.4. The first-order valence-electron chi connectivity index (χ1n) is 8.56. The van der Waals surface area contributed by atoms with Crippen molar-refractivity contribution in [2.24, 2.45) is 5.92 Å². The molecule has 0 aromatic heterocycles. The van der Waals surface area contributed by atoms with Gasteiger partial charge in [0.05, 0.1) is 5.75 Å². The molecule has 0 unspecified atom stereocenters. The summed E-state index contributed by atoms with van der Waals surface area (Å²) >= 11 is 1.77. The zero-order chi connectivity index (χ0) is 16.1. The van der Waals surface area contributed by atoms with Crippen molar-refractivity contribution in [3.63, 3.8) is 0 Å². The monoisotopic (exact) mass is 334 g/mol. The van der Waals surface area contributed by atoms with Gasteiger partial charge in [0.25, 0.3) is 0 Å². The fourth-order valence-electron chi connectivity index (χ4n) is 3.10. The molecule has 1 heterocycles. The lowest BCUT2D eigenvalue weighted by molar-refractivity contribution is -0.119. The zero-order valence-corrected chi connectivity index (χ0v) is 14.4. The van der Waals surface area contributed by atoms with E-state index in [1.807, 2.05) is 18.2 Å². The second kappa shape index (κ2) is 8.06. The zero-order valence-electron chi connectivity index (χ0n) is 13.5. The van der Waals surface area contributed by atoms with Crippen LogP contribution in [0.1, 0.15) is 31.2 Å². The van der Waals surface area contributed by atoms with Gasteiger partial charge in [-0.15, -0.1) is 0 Å². The molecule has 2 fully saturated rings. The van der Waals surface area contributed by atoms with Crippen LogP contribution in [0.25, 0.3) is 0 Å². The van der Waals surface area contributed by atoms with Crippen LogP contribution >= 0.6 is 11.8 Å². The van der Waals surface area contributed by atoms with Gasteiger partial charge >= 0.3 is 0 Å². The molecule has 126 valence electrons. The Morgan fingerprint density at radius 1 is 1.35 bits per heavy atom. The van der Waals surface area contributed by atoms with E-state index in [2.05, 4.69) is 10.2 Å². The van der Waals surface area contributed by atoms with Crippen molar-refractivity contribution in [1.82, 2.24) is 10.2 Å². The van der Waals surface area contributed by atoms with Crippen molar-refractivity contribution in [2.75, 3.05) is 24.6 Å². The van der Waals surface area contributed by atoms with Crippen molar-refractivity contribution >= 4 is 17.7 Å². The predicted molar refractivity (Wildman–Crippen MR) is 94.6 cm³/mol. The number of hydrogen-bond acceptors (Lipinski definition) is 4. The van der Waals surface area contributed by atoms with Crippen molar-refractivity contribution in [2.45, 2.75) is 38.3 Å². The van der Waals surface area contributed by atoms with Gasteiger partial charge in [-0.2, -0.15) is 11.8 Å². The van der Waals surface area contributed by atoms with Crippen LogP contribution in [0.2, 0.25) is 0 Å². The minimum Gasteiger partial charge on any atom is -0.508 e. The van der Waals surface area contributed by atoms with Gasteiger partial charge in [0, 0.05) is 19.1 Å². The first-order valence-corrected chi connectivity index (χ1v) is 9.72. The van der Waals surface area contributed by atoms with Crippen LogP contribution < -0.4 is 5.32 Å². The number of carbonyl (C=O) groups excluding carboxylic acids is 1. The van der Waals surface area contributed by atoms with Gasteiger partial charge in [0.15, 0.2) is 0 Å². The quantitative estimate of drug-likeness (QED) is 0.805. The van der Waals surface area contributed by atoms with E-state index in [9.17, 15) is 9.90 Å². The fourth-order valence-corrected chi connectivity index (χ4v) is 4.16. The van der Waals surface area contributed by atoms with Crippen LogP contribution in [0.3, 0.4) is 0 Å². The summed E-state index contributed by atoms with van der Waals surface area (Å²) in [5.74, 6) is 3.11. The number of nitrogens with one attached hydrogen (secondary N) is 1. The van der Waals surface area contributed by atoms with E-state index in [0.29, 0.717) is 11.5 Å². The highest BCUT2D eigenvalue weighted by Crippen LogP contribution is 2.32. The summed E-state index contributed by atoms with van der Waals surface area (Å²) in [7, 11) is 0. The first kappa shape index (κ1) is 16.7. The summed E-state index contributed by atoms with van der Waals surface area (Å²) in [6, 6.07) is 7.69. The summed E-state index contributed by atoms with van der Waals surface area (Å²) in [5, 5.41) is 12.8. The van der Waals surface area contributed by atoms with Gasteiger partial charge in [0.1, 0.15) is 5.75 Å². The molecule has 1 saturated heterocycles. The maximum absolute atomic E-state index is 12.0. The number of hydrogen-bond donors (Lipinski definition) is 2. The molecule has 0 bridgehead atoms. The number of piperidine rings is 1. The van der Waals surface area contributed by atoms with E-state index >= 15 is 0 Å². The van der Waals surface area contributed by atoms with Crippen molar-refractivity contribution < 1.29 is 9.90 Å². The van der Waals surface area contributed by atoms with Gasteiger partial charge in [-0.3, -0.25) is 9.69 Å². The Bertz CT molecular complexity index is 534. The van der Waals surface area contributed by atoms with Crippen LogP contribution in [0.4, 0.5) is 0 Å². The highest BCUT2D eigenvalue weighted by molar-refractivity contribution is 7.99. The third kappa shape index (κ3) is 5.74. The van der Waals surface area contributed by atoms with E-state index in [1.54, 1.807) is 17.8 Å². The Kier molecular flexibility index (Phi) is 5.84. The van der Waals surface area contributed by atoms with Crippen LogP contribution in [0, 0.1) is 5.92 Å². The van der Waals surface area contributed by atoms with E-state index in [-0.39, 0.29) is 11.9 Å². The summed E-state index contributed by atoms with van der Waals surface area (Å²) in [6.45, 7) is 2.78. The molecule has 1 saturated carbocycles. The Morgan fingerprint density at radius 3 is 3.00 bits per heavy atom. The number of carbonyl (C=O) groups is 1. The van der Waals surface area contributed by atoms with Crippen molar-refractivity contribution in [1.29, 1.82) is 0 Å². The molecule has 1 amide bonds. The Morgan fingerprint density at radius 2 is 2.22 bits per heavy atom. The largest absolute Gasteiger partial charge is 0.508 e. The van der Waals surface area contributed by atoms with E-state index < -0.39 is 0 Å². The maximum atomic E-state index is 12.0. The molecular formula is C18H26N2O2S. The number of amides is 1. The van der Waals surface area contributed by atoms with Crippen molar-refractivity contribution in [3.8, 4) is 5.75 Å². The number of rotatable bonds is 7. The summed E-state index contributed by atoms with van der Waals surface area (Å²) in [5.41, 5.74) is 1.12. The number of thioether (sulfide) groups is 1. The van der Waals surface area contributed by atoms with Crippen LogP contribution in [-0.2, 0) is 11.3 Å². The molecule has 2 aliphatic rings. The van der Waals surface area contributed by atoms with Gasteiger partial charge < -0.3 is 10.4 Å². The van der Waals surface area contributed by atoms with E-state index in [0.717, 1.165) is 49.7 Å². The number of likely N-dealkylation sites (tertiary alicyclic amines) is 1. The Labute approximate surface area is 142 Å². The average Bonchev–Trinajstić information content (AvgIpc) is 3.32. The molecule has 4 nitrogen and oxygen atoms in total. The third-order valence-electron chi connectivity index (χ3n) is 4.47. The number of benzene rings is 1. The van der Waals surface area contributed by atoms with Gasteiger partial charge in [0.2, 0.25) is 5.91 Å². The van der Waals surface area contributed by atoms with Crippen molar-refractivity contribution in [3.05, 3.63) is 29.8 Å². The lowest BCUT2D eigenvalue weighted by atomic mass is 10.0. The minimum atomic E-state index is 0.180. The SMILES string of the molecule is O=C(CSCC1CC1)N[C@H]1CCCN(Cc2cccc(O)c2)C1. The van der Waals surface area contributed by atoms with Crippen LogP contribution in [-0.4, -0.2) is 46.6 Å². The molecule has 1 aromatic carbocycles. The predicted octanol–water partition coefficient (Wildman–Crippen LogP) is 2.62. The number of phenolic OH excluding ortho intramolecular Hbond substituents is 1. The molecule has 1 aromatic rings. The normalized spacial score (nSPS) is 22.0. The molecule has 1 aliphatic heterocycles. The summed E-state index contributed by atoms with van der Waals surface area (Å²) < 4.78 is 0. The van der Waals surface area contributed by atoms with E-state index in [1.165, 1.54) is 12.8 Å². The number of nitrogens with zero attached hydrogens (tertiary/aromatic N) is 1. The smallest absolute Gasteiger partial charge is 0.230 e. The van der Waals surface area contributed by atoms with Crippen LogP contribution in [0.5, 0.6) is 5.75 Å². The third-order valence-corrected chi connectivity index (χ3v) is 5.64. The Balaban J connectivity index is 1.41. The molecule has 1 atom stereocenters. The molecular weight excluding hydrogens is 308 g/mol. The lowest BCUT2D eigenvalue weighted by Gasteiger charge is -2.33. The first-order chi connectivity index (χ1) is 11.2. The molecule has 0 spiro atoms. The molecule has 5 heteroatoms.